The third kappa shape index (κ3) is 3.23. The summed E-state index contributed by atoms with van der Waals surface area (Å²) in [5.41, 5.74) is 1.71. The fourth-order valence-corrected chi connectivity index (χ4v) is 2.10. The molecule has 1 heterocycles. The first-order valence-electron chi connectivity index (χ1n) is 6.02. The van der Waals surface area contributed by atoms with Crippen molar-refractivity contribution in [2.75, 3.05) is 23.3 Å². The molecule has 0 radical (unpaired) electrons. The van der Waals surface area contributed by atoms with Crippen LogP contribution < -0.4 is 10.2 Å². The maximum atomic E-state index is 11.3. The molecule has 0 aromatic heterocycles. The molecular weight excluding hydrogens is 232 g/mol. The van der Waals surface area contributed by atoms with Gasteiger partial charge in [0.25, 0.3) is 0 Å². The molecule has 2 rings (SSSR count). The monoisotopic (exact) mass is 248 g/mol. The summed E-state index contributed by atoms with van der Waals surface area (Å²) >= 11 is 0. The average molecular weight is 248 g/mol. The van der Waals surface area contributed by atoms with Crippen LogP contribution in [-0.4, -0.2) is 30.1 Å². The topological polar surface area (TPSA) is 69.6 Å². The van der Waals surface area contributed by atoms with E-state index in [4.69, 9.17) is 5.11 Å². The second-order valence-electron chi connectivity index (χ2n) is 4.36. The Kier molecular flexibility index (Phi) is 3.82. The largest absolute Gasteiger partial charge is 0.481 e. The van der Waals surface area contributed by atoms with Gasteiger partial charge in [0, 0.05) is 24.5 Å². The van der Waals surface area contributed by atoms with E-state index in [0.717, 1.165) is 18.8 Å². The van der Waals surface area contributed by atoms with Gasteiger partial charge in [-0.25, -0.2) is 0 Å². The quantitative estimate of drug-likeness (QED) is 0.796. The predicted octanol–water partition coefficient (Wildman–Crippen LogP) is 1.70. The molecule has 0 unspecified atom stereocenters. The van der Waals surface area contributed by atoms with Gasteiger partial charge >= 0.3 is 5.97 Å². The minimum atomic E-state index is -1.12. The maximum Gasteiger partial charge on any atom is 0.312 e. The molecule has 5 heteroatoms. The number of carboxylic acids is 1. The van der Waals surface area contributed by atoms with Crippen molar-refractivity contribution in [2.45, 2.75) is 19.3 Å². The lowest BCUT2D eigenvalue weighted by molar-refractivity contribution is -0.139. The number of aliphatic carboxylic acids is 1. The highest BCUT2D eigenvalue weighted by molar-refractivity contribution is 6.01. The molecule has 1 aromatic rings. The van der Waals surface area contributed by atoms with Crippen LogP contribution in [0.25, 0.3) is 0 Å². The molecule has 0 spiro atoms. The smallest absolute Gasteiger partial charge is 0.312 e. The van der Waals surface area contributed by atoms with Crippen LogP contribution in [-0.2, 0) is 9.59 Å². The van der Waals surface area contributed by atoms with Crippen molar-refractivity contribution in [3.8, 4) is 0 Å². The van der Waals surface area contributed by atoms with Crippen molar-refractivity contribution in [3.63, 3.8) is 0 Å². The summed E-state index contributed by atoms with van der Waals surface area (Å²) in [6.07, 6.45) is 1.87. The molecule has 0 atom stereocenters. The van der Waals surface area contributed by atoms with E-state index in [1.165, 1.54) is 12.8 Å². The van der Waals surface area contributed by atoms with E-state index < -0.39 is 18.3 Å². The second kappa shape index (κ2) is 5.53. The molecule has 0 saturated carbocycles. The van der Waals surface area contributed by atoms with Gasteiger partial charge in [-0.2, -0.15) is 0 Å². The zero-order chi connectivity index (χ0) is 13.0. The molecule has 1 aliphatic rings. The Morgan fingerprint density at radius 1 is 1.28 bits per heavy atom. The summed E-state index contributed by atoms with van der Waals surface area (Å²) in [5, 5.41) is 11.1. The number of amides is 1. The van der Waals surface area contributed by atoms with Crippen molar-refractivity contribution >= 4 is 23.3 Å². The van der Waals surface area contributed by atoms with Gasteiger partial charge in [0.05, 0.1) is 0 Å². The van der Waals surface area contributed by atoms with E-state index in [0.29, 0.717) is 5.69 Å². The average Bonchev–Trinajstić information content (AvgIpc) is 2.81. The summed E-state index contributed by atoms with van der Waals surface area (Å²) in [7, 11) is 0. The minimum absolute atomic E-state index is 0.499. The summed E-state index contributed by atoms with van der Waals surface area (Å²) in [6, 6.07) is 7.51. The fraction of sp³-hybridized carbons (Fsp3) is 0.385. The highest BCUT2D eigenvalue weighted by atomic mass is 16.4. The Balaban J connectivity index is 2.02. The van der Waals surface area contributed by atoms with Crippen molar-refractivity contribution in [3.05, 3.63) is 24.3 Å². The third-order valence-corrected chi connectivity index (χ3v) is 2.91. The molecule has 2 N–H and O–H groups in total. The molecule has 1 amide bonds. The first-order chi connectivity index (χ1) is 8.65. The van der Waals surface area contributed by atoms with E-state index in [1.54, 1.807) is 6.07 Å². The normalized spacial score (nSPS) is 14.6. The minimum Gasteiger partial charge on any atom is -0.481 e. The van der Waals surface area contributed by atoms with Crippen LogP contribution in [0.3, 0.4) is 0 Å². The Morgan fingerprint density at radius 3 is 2.67 bits per heavy atom. The number of carboxylic acid groups (broad SMARTS) is 1. The Hall–Kier alpha value is -2.04. The fourth-order valence-electron chi connectivity index (χ4n) is 2.10. The van der Waals surface area contributed by atoms with Crippen molar-refractivity contribution in [1.29, 1.82) is 0 Å². The van der Waals surface area contributed by atoms with Crippen LogP contribution in [0.1, 0.15) is 19.3 Å². The Bertz CT molecular complexity index is 453. The maximum absolute atomic E-state index is 11.3. The molecule has 0 bridgehead atoms. The van der Waals surface area contributed by atoms with Gasteiger partial charge < -0.3 is 15.3 Å². The molecular formula is C13H16N2O3. The van der Waals surface area contributed by atoms with Gasteiger partial charge in [-0.15, -0.1) is 0 Å². The van der Waals surface area contributed by atoms with Gasteiger partial charge in [0.15, 0.2) is 0 Å². The Labute approximate surface area is 105 Å². The summed E-state index contributed by atoms with van der Waals surface area (Å²) < 4.78 is 0. The molecule has 1 aromatic carbocycles. The molecule has 1 aliphatic heterocycles. The summed E-state index contributed by atoms with van der Waals surface area (Å²) in [5.74, 6) is -1.62. The molecule has 5 nitrogen and oxygen atoms in total. The number of nitrogens with one attached hydrogen (secondary N) is 1. The summed E-state index contributed by atoms with van der Waals surface area (Å²) in [4.78, 5) is 24.0. The highest BCUT2D eigenvalue weighted by Gasteiger charge is 2.13. The summed E-state index contributed by atoms with van der Waals surface area (Å²) in [6.45, 7) is 2.07. The number of hydrogen-bond donors (Lipinski definition) is 2. The van der Waals surface area contributed by atoms with E-state index in [9.17, 15) is 9.59 Å². The van der Waals surface area contributed by atoms with Gasteiger partial charge in [0.2, 0.25) is 5.91 Å². The third-order valence-electron chi connectivity index (χ3n) is 2.91. The highest BCUT2D eigenvalue weighted by Crippen LogP contribution is 2.23. The Morgan fingerprint density at radius 2 is 2.00 bits per heavy atom. The molecule has 18 heavy (non-hydrogen) atoms. The van der Waals surface area contributed by atoms with Crippen LogP contribution >= 0.6 is 0 Å². The molecule has 1 fully saturated rings. The van der Waals surface area contributed by atoms with Crippen LogP contribution in [0.4, 0.5) is 11.4 Å². The zero-order valence-corrected chi connectivity index (χ0v) is 10.1. The SMILES string of the molecule is O=C(O)CC(=O)Nc1cccc(N2CCCC2)c1. The van der Waals surface area contributed by atoms with Gasteiger partial charge in [-0.3, -0.25) is 9.59 Å². The predicted molar refractivity (Wildman–Crippen MR) is 68.8 cm³/mol. The lowest BCUT2D eigenvalue weighted by Gasteiger charge is -2.18. The van der Waals surface area contributed by atoms with Crippen LogP contribution in [0, 0.1) is 0 Å². The number of benzene rings is 1. The number of hydrogen-bond acceptors (Lipinski definition) is 3. The van der Waals surface area contributed by atoms with Gasteiger partial charge in [-0.1, -0.05) is 6.07 Å². The van der Waals surface area contributed by atoms with E-state index in [2.05, 4.69) is 10.2 Å². The van der Waals surface area contributed by atoms with Gasteiger partial charge in [0.1, 0.15) is 6.42 Å². The molecule has 1 saturated heterocycles. The van der Waals surface area contributed by atoms with E-state index in [1.807, 2.05) is 18.2 Å². The standard InChI is InChI=1S/C13H16N2O3/c16-12(9-13(17)18)14-10-4-3-5-11(8-10)15-6-1-2-7-15/h3-5,8H,1-2,6-7,9H2,(H,14,16)(H,17,18). The van der Waals surface area contributed by atoms with Crippen molar-refractivity contribution in [1.82, 2.24) is 0 Å². The van der Waals surface area contributed by atoms with Crippen LogP contribution in [0.2, 0.25) is 0 Å². The molecule has 0 aliphatic carbocycles. The number of rotatable bonds is 4. The number of anilines is 2. The lowest BCUT2D eigenvalue weighted by atomic mass is 10.2. The molecule has 96 valence electrons. The number of nitrogens with zero attached hydrogens (tertiary/aromatic N) is 1. The van der Waals surface area contributed by atoms with E-state index >= 15 is 0 Å². The second-order valence-corrected chi connectivity index (χ2v) is 4.36. The number of carbonyl (C=O) groups is 2. The zero-order valence-electron chi connectivity index (χ0n) is 10.1. The first kappa shape index (κ1) is 12.4. The van der Waals surface area contributed by atoms with Gasteiger partial charge in [-0.05, 0) is 31.0 Å². The van der Waals surface area contributed by atoms with Crippen LogP contribution in [0.15, 0.2) is 24.3 Å². The van der Waals surface area contributed by atoms with Crippen molar-refractivity contribution in [2.24, 2.45) is 0 Å². The number of carbonyl (C=O) groups excluding carboxylic acids is 1. The van der Waals surface area contributed by atoms with Crippen molar-refractivity contribution < 1.29 is 14.7 Å². The van der Waals surface area contributed by atoms with E-state index in [-0.39, 0.29) is 0 Å². The lowest BCUT2D eigenvalue weighted by Crippen LogP contribution is -2.19. The van der Waals surface area contributed by atoms with Crippen LogP contribution in [0.5, 0.6) is 0 Å². The first-order valence-corrected chi connectivity index (χ1v) is 6.02.